The second kappa shape index (κ2) is 2.41. The molecule has 10 heavy (non-hydrogen) atoms. The maximum atomic E-state index is 9.02. The first-order valence-corrected chi connectivity index (χ1v) is 2.96. The van der Waals surface area contributed by atoms with Crippen molar-refractivity contribution in [3.05, 3.63) is 17.7 Å². The smallest absolute Gasteiger partial charge is 0.118 e. The normalized spacial score (nSPS) is 9.70. The third kappa shape index (κ3) is 1.04. The van der Waals surface area contributed by atoms with Gasteiger partial charge in [0.05, 0.1) is 0 Å². The lowest BCUT2D eigenvalue weighted by Crippen LogP contribution is -2.27. The van der Waals surface area contributed by atoms with Crippen molar-refractivity contribution >= 4 is 26.6 Å². The average Bonchev–Trinajstić information content (AvgIpc) is 1.93. The van der Waals surface area contributed by atoms with Gasteiger partial charge in [0.1, 0.15) is 21.4 Å². The van der Waals surface area contributed by atoms with Gasteiger partial charge >= 0.3 is 0 Å². The summed E-state index contributed by atoms with van der Waals surface area (Å²) in [6.45, 7) is 1.84. The summed E-state index contributed by atoms with van der Waals surface area (Å²) in [6.07, 6.45) is 0. The van der Waals surface area contributed by atoms with E-state index in [1.807, 2.05) is 6.92 Å². The lowest BCUT2D eigenvalue weighted by Gasteiger charge is -2.05. The van der Waals surface area contributed by atoms with Gasteiger partial charge < -0.3 is 5.11 Å². The highest BCUT2D eigenvalue weighted by Crippen LogP contribution is 2.01. The topological polar surface area (TPSA) is 20.2 Å². The van der Waals surface area contributed by atoms with E-state index in [9.17, 15) is 0 Å². The van der Waals surface area contributed by atoms with Crippen LogP contribution in [0.2, 0.25) is 0 Å². The summed E-state index contributed by atoms with van der Waals surface area (Å²) < 4.78 is 0. The van der Waals surface area contributed by atoms with Gasteiger partial charge in [0.2, 0.25) is 0 Å². The number of benzene rings is 1. The van der Waals surface area contributed by atoms with E-state index in [1.54, 1.807) is 6.07 Å². The van der Waals surface area contributed by atoms with Gasteiger partial charge in [-0.05, 0) is 13.0 Å². The molecule has 1 aromatic rings. The Morgan fingerprint density at radius 1 is 1.20 bits per heavy atom. The van der Waals surface area contributed by atoms with Crippen LogP contribution in [-0.4, -0.2) is 20.8 Å². The van der Waals surface area contributed by atoms with E-state index in [1.165, 1.54) is 6.07 Å². The molecule has 0 fully saturated rings. The highest BCUT2D eigenvalue weighted by molar-refractivity contribution is 6.50. The molecule has 4 radical (unpaired) electrons. The second-order valence-corrected chi connectivity index (χ2v) is 2.23. The summed E-state index contributed by atoms with van der Waals surface area (Å²) >= 11 is 0. The van der Waals surface area contributed by atoms with Crippen molar-refractivity contribution in [2.45, 2.75) is 6.92 Å². The molecular weight excluding hydrogens is 122 g/mol. The summed E-state index contributed by atoms with van der Waals surface area (Å²) in [4.78, 5) is 0. The first kappa shape index (κ1) is 7.26. The molecule has 0 atom stereocenters. The molecule has 1 aromatic carbocycles. The van der Waals surface area contributed by atoms with E-state index >= 15 is 0 Å². The van der Waals surface area contributed by atoms with Gasteiger partial charge in [-0.2, -0.15) is 0 Å². The van der Waals surface area contributed by atoms with Gasteiger partial charge in [0.15, 0.2) is 0 Å². The molecule has 0 aliphatic heterocycles. The first-order chi connectivity index (χ1) is 4.63. The molecule has 1 rings (SSSR count). The summed E-state index contributed by atoms with van der Waals surface area (Å²) in [5, 5.41) is 9.02. The zero-order valence-corrected chi connectivity index (χ0v) is 5.76. The van der Waals surface area contributed by atoms with Crippen LogP contribution in [0.1, 0.15) is 5.56 Å². The molecule has 0 saturated carbocycles. The fraction of sp³-hybridized carbons (Fsp3) is 0.143. The van der Waals surface area contributed by atoms with E-state index in [4.69, 9.17) is 20.8 Å². The summed E-state index contributed by atoms with van der Waals surface area (Å²) in [5.74, 6) is 0.0445. The third-order valence-electron chi connectivity index (χ3n) is 1.48. The van der Waals surface area contributed by atoms with Crippen LogP contribution in [-0.2, 0) is 0 Å². The van der Waals surface area contributed by atoms with Crippen LogP contribution in [0.4, 0.5) is 0 Å². The minimum absolute atomic E-state index is 0.0445. The van der Waals surface area contributed by atoms with Crippen LogP contribution in [0, 0.1) is 6.92 Å². The van der Waals surface area contributed by atoms with Crippen LogP contribution in [0.15, 0.2) is 12.1 Å². The van der Waals surface area contributed by atoms with Gasteiger partial charge in [0, 0.05) is 0 Å². The zero-order valence-electron chi connectivity index (χ0n) is 5.76. The first-order valence-electron chi connectivity index (χ1n) is 2.96. The molecule has 0 bridgehead atoms. The Bertz CT molecular complexity index is 231. The van der Waals surface area contributed by atoms with Crippen molar-refractivity contribution in [2.75, 3.05) is 0 Å². The molecule has 0 saturated heterocycles. The van der Waals surface area contributed by atoms with Crippen LogP contribution in [0.5, 0.6) is 5.75 Å². The largest absolute Gasteiger partial charge is 0.509 e. The standard InChI is InChI=1S/C7H6B2O/c1-4-2-3-5(10)7(9)6(4)8/h2-3,10H,1H3. The third-order valence-corrected chi connectivity index (χ3v) is 1.48. The minimum atomic E-state index is 0.0445. The fourth-order valence-electron chi connectivity index (χ4n) is 0.734. The number of phenols is 1. The molecule has 0 aromatic heterocycles. The van der Waals surface area contributed by atoms with Crippen molar-refractivity contribution in [1.82, 2.24) is 0 Å². The van der Waals surface area contributed by atoms with E-state index < -0.39 is 0 Å². The SMILES string of the molecule is [B]c1c(C)ccc(O)c1[B]. The molecule has 46 valence electrons. The molecule has 0 unspecified atom stereocenters. The van der Waals surface area contributed by atoms with Crippen LogP contribution >= 0.6 is 0 Å². The van der Waals surface area contributed by atoms with Crippen molar-refractivity contribution in [2.24, 2.45) is 0 Å². The molecule has 0 heterocycles. The number of phenolic OH excluding ortho intramolecular Hbond substituents is 1. The predicted octanol–water partition coefficient (Wildman–Crippen LogP) is -0.712. The fourth-order valence-corrected chi connectivity index (χ4v) is 0.734. The van der Waals surface area contributed by atoms with Gasteiger partial charge in [-0.25, -0.2) is 0 Å². The van der Waals surface area contributed by atoms with E-state index in [2.05, 4.69) is 0 Å². The molecule has 0 amide bonds. The Morgan fingerprint density at radius 3 is 2.30 bits per heavy atom. The number of aryl methyl sites for hydroxylation is 1. The maximum absolute atomic E-state index is 9.02. The number of hydrogen-bond donors (Lipinski definition) is 1. The van der Waals surface area contributed by atoms with E-state index in [-0.39, 0.29) is 11.2 Å². The highest BCUT2D eigenvalue weighted by atomic mass is 16.3. The van der Waals surface area contributed by atoms with Crippen LogP contribution < -0.4 is 10.9 Å². The Kier molecular flexibility index (Phi) is 1.75. The lowest BCUT2D eigenvalue weighted by molar-refractivity contribution is 0.480. The van der Waals surface area contributed by atoms with Gasteiger partial charge in [0.25, 0.3) is 0 Å². The van der Waals surface area contributed by atoms with Gasteiger partial charge in [-0.1, -0.05) is 22.6 Å². The monoisotopic (exact) mass is 128 g/mol. The Morgan fingerprint density at radius 2 is 1.80 bits per heavy atom. The lowest BCUT2D eigenvalue weighted by atomic mass is 9.77. The molecular formula is C7H6B2O. The molecule has 0 spiro atoms. The number of hydrogen-bond acceptors (Lipinski definition) is 1. The Labute approximate surface area is 62.9 Å². The maximum Gasteiger partial charge on any atom is 0.118 e. The summed E-state index contributed by atoms with van der Waals surface area (Å²) in [5.41, 5.74) is 1.61. The molecule has 3 heteroatoms. The zero-order chi connectivity index (χ0) is 7.72. The van der Waals surface area contributed by atoms with Crippen molar-refractivity contribution in [1.29, 1.82) is 0 Å². The number of aromatic hydroxyl groups is 1. The predicted molar refractivity (Wildman–Crippen MR) is 43.6 cm³/mol. The quantitative estimate of drug-likeness (QED) is 0.457. The highest BCUT2D eigenvalue weighted by Gasteiger charge is 1.98. The molecule has 0 aliphatic carbocycles. The number of rotatable bonds is 0. The van der Waals surface area contributed by atoms with Crippen LogP contribution in [0.25, 0.3) is 0 Å². The molecule has 1 nitrogen and oxygen atoms in total. The Balaban J connectivity index is 3.34. The van der Waals surface area contributed by atoms with Crippen LogP contribution in [0.3, 0.4) is 0 Å². The average molecular weight is 128 g/mol. The van der Waals surface area contributed by atoms with Crippen molar-refractivity contribution < 1.29 is 5.11 Å². The van der Waals surface area contributed by atoms with Crippen molar-refractivity contribution in [3.8, 4) is 5.75 Å². The van der Waals surface area contributed by atoms with Crippen molar-refractivity contribution in [3.63, 3.8) is 0 Å². The van der Waals surface area contributed by atoms with E-state index in [0.717, 1.165) is 5.56 Å². The molecule has 0 aliphatic rings. The molecule has 1 N–H and O–H groups in total. The minimum Gasteiger partial charge on any atom is -0.509 e. The Hall–Kier alpha value is -0.850. The summed E-state index contributed by atoms with van der Waals surface area (Å²) in [6, 6.07) is 3.25. The van der Waals surface area contributed by atoms with Gasteiger partial charge in [-0.15, -0.1) is 0 Å². The summed E-state index contributed by atoms with van der Waals surface area (Å²) in [7, 11) is 10.9. The second-order valence-electron chi connectivity index (χ2n) is 2.23. The van der Waals surface area contributed by atoms with E-state index in [0.29, 0.717) is 5.46 Å². The van der Waals surface area contributed by atoms with Gasteiger partial charge in [-0.3, -0.25) is 0 Å².